The van der Waals surface area contributed by atoms with E-state index < -0.39 is 6.04 Å². The molecule has 19 heavy (non-hydrogen) atoms. The van der Waals surface area contributed by atoms with Gasteiger partial charge in [-0.1, -0.05) is 63.9 Å². The molecule has 0 aliphatic rings. The molecule has 3 nitrogen and oxygen atoms in total. The molecular weight excluding hydrogens is 236 g/mol. The minimum atomic E-state index is -0.423. The molecule has 0 heterocycles. The van der Waals surface area contributed by atoms with Gasteiger partial charge in [0, 0.05) is 0 Å². The van der Waals surface area contributed by atoms with Gasteiger partial charge in [-0.15, -0.1) is 0 Å². The first-order valence-corrected chi connectivity index (χ1v) is 7.21. The Bertz CT molecular complexity index is 378. The van der Waals surface area contributed by atoms with Crippen molar-refractivity contribution in [2.75, 3.05) is 0 Å². The Kier molecular flexibility index (Phi) is 6.57. The summed E-state index contributed by atoms with van der Waals surface area (Å²) in [6, 6.07) is 9.73. The highest BCUT2D eigenvalue weighted by Gasteiger charge is 2.22. The van der Waals surface area contributed by atoms with Gasteiger partial charge in [-0.2, -0.15) is 0 Å². The molecule has 3 N–H and O–H groups in total. The summed E-state index contributed by atoms with van der Waals surface area (Å²) >= 11 is 0. The second-order valence-electron chi connectivity index (χ2n) is 5.17. The van der Waals surface area contributed by atoms with Crippen LogP contribution in [0.5, 0.6) is 0 Å². The summed E-state index contributed by atoms with van der Waals surface area (Å²) in [4.78, 5) is 12.2. The van der Waals surface area contributed by atoms with Crippen molar-refractivity contribution >= 4 is 5.91 Å². The second kappa shape index (κ2) is 7.95. The van der Waals surface area contributed by atoms with E-state index in [4.69, 9.17) is 5.73 Å². The molecule has 0 spiro atoms. The maximum atomic E-state index is 12.2. The van der Waals surface area contributed by atoms with Crippen molar-refractivity contribution in [1.82, 2.24) is 5.32 Å². The number of carbonyl (C=O) groups excluding carboxylic acids is 1. The molecule has 3 heteroatoms. The highest BCUT2D eigenvalue weighted by molar-refractivity contribution is 5.82. The number of hydrogen-bond donors (Lipinski definition) is 2. The third-order valence-electron chi connectivity index (χ3n) is 3.66. The Balaban J connectivity index is 2.71. The van der Waals surface area contributed by atoms with E-state index in [-0.39, 0.29) is 17.9 Å². The van der Waals surface area contributed by atoms with Crippen LogP contribution in [0, 0.1) is 5.92 Å². The van der Waals surface area contributed by atoms with E-state index in [1.165, 1.54) is 0 Å². The SMILES string of the molecule is CCCC(NC(=O)C(N)C(C)CC)c1ccccc1. The lowest BCUT2D eigenvalue weighted by atomic mass is 9.97. The molecule has 0 bridgehead atoms. The van der Waals surface area contributed by atoms with Crippen LogP contribution in [0.2, 0.25) is 0 Å². The third-order valence-corrected chi connectivity index (χ3v) is 3.66. The van der Waals surface area contributed by atoms with Crippen LogP contribution in [-0.2, 0) is 4.79 Å². The number of amides is 1. The molecule has 1 rings (SSSR count). The first-order chi connectivity index (χ1) is 9.10. The van der Waals surface area contributed by atoms with Crippen molar-refractivity contribution in [2.24, 2.45) is 11.7 Å². The molecule has 0 saturated heterocycles. The fraction of sp³-hybridized carbons (Fsp3) is 0.562. The standard InChI is InChI=1S/C16H26N2O/c1-4-9-14(13-10-7-6-8-11-13)18-16(19)15(17)12(3)5-2/h6-8,10-12,14-15H,4-5,9,17H2,1-3H3,(H,18,19). The zero-order valence-corrected chi connectivity index (χ0v) is 12.2. The average molecular weight is 262 g/mol. The Morgan fingerprint density at radius 3 is 2.42 bits per heavy atom. The van der Waals surface area contributed by atoms with E-state index >= 15 is 0 Å². The quantitative estimate of drug-likeness (QED) is 0.793. The molecule has 0 aromatic heterocycles. The van der Waals surface area contributed by atoms with Crippen molar-refractivity contribution in [2.45, 2.75) is 52.1 Å². The number of hydrogen-bond acceptors (Lipinski definition) is 2. The normalized spacial score (nSPS) is 15.6. The van der Waals surface area contributed by atoms with Gasteiger partial charge in [0.2, 0.25) is 5.91 Å². The summed E-state index contributed by atoms with van der Waals surface area (Å²) < 4.78 is 0. The summed E-state index contributed by atoms with van der Waals surface area (Å²) in [7, 11) is 0. The Morgan fingerprint density at radius 2 is 1.89 bits per heavy atom. The van der Waals surface area contributed by atoms with E-state index in [2.05, 4.69) is 31.3 Å². The molecule has 0 aliphatic carbocycles. The van der Waals surface area contributed by atoms with Crippen molar-refractivity contribution in [3.05, 3.63) is 35.9 Å². The van der Waals surface area contributed by atoms with Crippen LogP contribution in [0.25, 0.3) is 0 Å². The average Bonchev–Trinajstić information content (AvgIpc) is 2.46. The van der Waals surface area contributed by atoms with Gasteiger partial charge in [-0.25, -0.2) is 0 Å². The number of nitrogens with one attached hydrogen (secondary N) is 1. The van der Waals surface area contributed by atoms with Gasteiger partial charge in [0.1, 0.15) is 0 Å². The lowest BCUT2D eigenvalue weighted by Crippen LogP contribution is -2.45. The molecule has 1 aromatic carbocycles. The van der Waals surface area contributed by atoms with Crippen LogP contribution < -0.4 is 11.1 Å². The molecule has 1 aromatic rings. The molecule has 0 saturated carbocycles. The van der Waals surface area contributed by atoms with E-state index in [1.54, 1.807) is 0 Å². The minimum Gasteiger partial charge on any atom is -0.348 e. The van der Waals surface area contributed by atoms with E-state index in [0.717, 1.165) is 24.8 Å². The van der Waals surface area contributed by atoms with Crippen molar-refractivity contribution in [3.63, 3.8) is 0 Å². The minimum absolute atomic E-state index is 0.0448. The first-order valence-electron chi connectivity index (χ1n) is 7.21. The number of benzene rings is 1. The van der Waals surface area contributed by atoms with E-state index in [9.17, 15) is 4.79 Å². The van der Waals surface area contributed by atoms with Crippen LogP contribution in [0.3, 0.4) is 0 Å². The maximum absolute atomic E-state index is 12.2. The number of rotatable bonds is 7. The number of carbonyl (C=O) groups is 1. The lowest BCUT2D eigenvalue weighted by molar-refractivity contribution is -0.124. The fourth-order valence-electron chi connectivity index (χ4n) is 2.08. The van der Waals surface area contributed by atoms with Crippen LogP contribution in [0.1, 0.15) is 51.6 Å². The molecule has 0 aliphatic heterocycles. The highest BCUT2D eigenvalue weighted by atomic mass is 16.2. The van der Waals surface area contributed by atoms with Crippen LogP contribution in [0.15, 0.2) is 30.3 Å². The van der Waals surface area contributed by atoms with E-state index in [1.807, 2.05) is 25.1 Å². The summed E-state index contributed by atoms with van der Waals surface area (Å²) in [6.45, 7) is 6.19. The van der Waals surface area contributed by atoms with Crippen molar-refractivity contribution in [3.8, 4) is 0 Å². The maximum Gasteiger partial charge on any atom is 0.237 e. The first kappa shape index (κ1) is 15.7. The highest BCUT2D eigenvalue weighted by Crippen LogP contribution is 2.18. The monoisotopic (exact) mass is 262 g/mol. The summed E-state index contributed by atoms with van der Waals surface area (Å²) in [5.74, 6) is 0.162. The van der Waals surface area contributed by atoms with E-state index in [0.29, 0.717) is 0 Å². The molecule has 1 amide bonds. The zero-order valence-electron chi connectivity index (χ0n) is 12.2. The zero-order chi connectivity index (χ0) is 14.3. The molecule has 3 atom stereocenters. The summed E-state index contributed by atoms with van der Waals surface area (Å²) in [5, 5.41) is 3.09. The number of nitrogens with two attached hydrogens (primary N) is 1. The van der Waals surface area contributed by atoms with Gasteiger partial charge in [0.25, 0.3) is 0 Å². The Morgan fingerprint density at radius 1 is 1.26 bits per heavy atom. The molecule has 0 fully saturated rings. The molecular formula is C16H26N2O. The predicted molar refractivity (Wildman–Crippen MR) is 79.7 cm³/mol. The van der Waals surface area contributed by atoms with Gasteiger partial charge in [0.05, 0.1) is 12.1 Å². The fourth-order valence-corrected chi connectivity index (χ4v) is 2.08. The Labute approximate surface area is 116 Å². The topological polar surface area (TPSA) is 55.1 Å². The van der Waals surface area contributed by atoms with Gasteiger partial charge >= 0.3 is 0 Å². The molecule has 106 valence electrons. The van der Waals surface area contributed by atoms with Crippen molar-refractivity contribution in [1.29, 1.82) is 0 Å². The van der Waals surface area contributed by atoms with Gasteiger partial charge in [0.15, 0.2) is 0 Å². The van der Waals surface area contributed by atoms with Gasteiger partial charge in [-0.05, 0) is 17.9 Å². The van der Waals surface area contributed by atoms with Crippen LogP contribution >= 0.6 is 0 Å². The van der Waals surface area contributed by atoms with Gasteiger partial charge in [-0.3, -0.25) is 4.79 Å². The van der Waals surface area contributed by atoms with Crippen LogP contribution in [0.4, 0.5) is 0 Å². The van der Waals surface area contributed by atoms with Crippen LogP contribution in [-0.4, -0.2) is 11.9 Å². The smallest absolute Gasteiger partial charge is 0.237 e. The largest absolute Gasteiger partial charge is 0.348 e. The lowest BCUT2D eigenvalue weighted by Gasteiger charge is -2.23. The second-order valence-corrected chi connectivity index (χ2v) is 5.17. The van der Waals surface area contributed by atoms with Crippen molar-refractivity contribution < 1.29 is 4.79 Å². The predicted octanol–water partition coefficient (Wildman–Crippen LogP) is 3.02. The summed E-state index contributed by atoms with van der Waals surface area (Å²) in [6.07, 6.45) is 2.87. The molecule has 0 radical (unpaired) electrons. The Hall–Kier alpha value is -1.35. The molecule has 3 unspecified atom stereocenters. The van der Waals surface area contributed by atoms with Gasteiger partial charge < -0.3 is 11.1 Å². The third kappa shape index (κ3) is 4.67. The summed E-state index contributed by atoms with van der Waals surface area (Å²) in [5.41, 5.74) is 7.13.